The highest BCUT2D eigenvalue weighted by atomic mass is 32.2. The Hall–Kier alpha value is -3.51. The van der Waals surface area contributed by atoms with E-state index in [0.29, 0.717) is 9.95 Å². The first kappa shape index (κ1) is 23.6. The second-order valence-electron chi connectivity index (χ2n) is 7.99. The molecule has 1 aliphatic rings. The van der Waals surface area contributed by atoms with Crippen molar-refractivity contribution < 1.29 is 14.6 Å². The van der Waals surface area contributed by atoms with Crippen molar-refractivity contribution in [2.75, 3.05) is 6.61 Å². The predicted molar refractivity (Wildman–Crippen MR) is 140 cm³/mol. The molecule has 0 radical (unpaired) electrons. The number of aliphatic imine (C=N–C) groups is 1. The summed E-state index contributed by atoms with van der Waals surface area (Å²) >= 11 is 1.28. The minimum atomic E-state index is -0.574. The summed E-state index contributed by atoms with van der Waals surface area (Å²) in [6.45, 7) is 8.15. The summed E-state index contributed by atoms with van der Waals surface area (Å²) in [5.74, 6) is -0.675. The molecule has 0 unspecified atom stereocenters. The van der Waals surface area contributed by atoms with Crippen molar-refractivity contribution in [2.45, 2.75) is 34.1 Å². The van der Waals surface area contributed by atoms with E-state index in [0.717, 1.165) is 34.7 Å². The van der Waals surface area contributed by atoms with Crippen molar-refractivity contribution in [3.63, 3.8) is 0 Å². The number of aliphatic hydroxyl groups excluding tert-OH is 1. The van der Waals surface area contributed by atoms with Crippen LogP contribution in [0.1, 0.15) is 36.4 Å². The van der Waals surface area contributed by atoms with Gasteiger partial charge >= 0.3 is 5.97 Å². The lowest BCUT2D eigenvalue weighted by Gasteiger charge is -2.09. The zero-order chi connectivity index (χ0) is 24.2. The molecule has 174 valence electrons. The molecule has 0 bridgehead atoms. The number of aromatic nitrogens is 1. The van der Waals surface area contributed by atoms with Gasteiger partial charge in [-0.1, -0.05) is 49.0 Å². The Morgan fingerprint density at radius 3 is 2.44 bits per heavy atom. The lowest BCUT2D eigenvalue weighted by molar-refractivity contribution is -0.138. The molecule has 3 aromatic rings. The van der Waals surface area contributed by atoms with E-state index in [9.17, 15) is 9.90 Å². The van der Waals surface area contributed by atoms with Gasteiger partial charge in [-0.25, -0.2) is 9.79 Å². The van der Waals surface area contributed by atoms with Crippen LogP contribution in [0.4, 0.5) is 5.69 Å². The van der Waals surface area contributed by atoms with Crippen LogP contribution >= 0.6 is 11.8 Å². The lowest BCUT2D eigenvalue weighted by atomic mass is 10.1. The summed E-state index contributed by atoms with van der Waals surface area (Å²) < 4.78 is 7.39. The maximum absolute atomic E-state index is 12.7. The van der Waals surface area contributed by atoms with E-state index in [-0.39, 0.29) is 17.9 Å². The van der Waals surface area contributed by atoms with Crippen molar-refractivity contribution in [2.24, 2.45) is 4.99 Å². The number of hydrogen-bond donors (Lipinski definition) is 1. The third-order valence-corrected chi connectivity index (χ3v) is 6.74. The number of nitrogens with zero attached hydrogens (tertiary/aromatic N) is 2. The molecule has 0 saturated heterocycles. The Morgan fingerprint density at radius 1 is 1.09 bits per heavy atom. The van der Waals surface area contributed by atoms with Gasteiger partial charge in [0.25, 0.3) is 0 Å². The second kappa shape index (κ2) is 10.2. The zero-order valence-electron chi connectivity index (χ0n) is 19.8. The first-order chi connectivity index (χ1) is 16.4. The number of para-hydroxylation sites is 1. The largest absolute Gasteiger partial charge is 0.506 e. The van der Waals surface area contributed by atoms with Crippen molar-refractivity contribution in [1.29, 1.82) is 0 Å². The van der Waals surface area contributed by atoms with E-state index in [1.807, 2.05) is 55.5 Å². The Labute approximate surface area is 204 Å². The average molecular weight is 473 g/mol. The van der Waals surface area contributed by atoms with E-state index in [4.69, 9.17) is 4.74 Å². The third kappa shape index (κ3) is 4.73. The Balaban J connectivity index is 1.75. The number of aryl methyl sites for hydroxylation is 2. The Kier molecular flexibility index (Phi) is 7.08. The fourth-order valence-corrected chi connectivity index (χ4v) is 4.99. The van der Waals surface area contributed by atoms with Crippen LogP contribution in [0.25, 0.3) is 11.8 Å². The molecule has 0 spiro atoms. The smallest absolute Gasteiger partial charge is 0.344 e. The summed E-state index contributed by atoms with van der Waals surface area (Å²) in [6, 6.07) is 20.1. The molecule has 0 amide bonds. The van der Waals surface area contributed by atoms with Gasteiger partial charge in [0.1, 0.15) is 16.4 Å². The number of aliphatic hydroxyl groups is 1. The first-order valence-electron chi connectivity index (χ1n) is 11.4. The molecule has 1 aromatic heterocycles. The van der Waals surface area contributed by atoms with E-state index in [1.165, 1.54) is 17.3 Å². The number of thioether (sulfide) groups is 1. The molecule has 2 heterocycles. The molecule has 6 heteroatoms. The van der Waals surface area contributed by atoms with Gasteiger partial charge in [-0.2, -0.15) is 0 Å². The van der Waals surface area contributed by atoms with Crippen LogP contribution in [0.2, 0.25) is 0 Å². The number of carbonyl (C=O) groups excluding carboxylic acids is 1. The SMILES string of the molecule is CCOC(=O)C1=C(O)/C(=C\c2cc(C)n(-c3ccccc3)c2C)SC1=Nc1ccc(CC)cc1. The molecular formula is C28H28N2O3S. The topological polar surface area (TPSA) is 63.8 Å². The van der Waals surface area contributed by atoms with Gasteiger partial charge in [-0.05, 0) is 74.7 Å². The van der Waals surface area contributed by atoms with Gasteiger partial charge in [0.15, 0.2) is 0 Å². The number of ether oxygens (including phenoxy) is 1. The minimum Gasteiger partial charge on any atom is -0.506 e. The number of esters is 1. The first-order valence-corrected chi connectivity index (χ1v) is 12.2. The van der Waals surface area contributed by atoms with E-state index in [1.54, 1.807) is 6.92 Å². The maximum Gasteiger partial charge on any atom is 0.344 e. The van der Waals surface area contributed by atoms with Gasteiger partial charge in [0.05, 0.1) is 17.2 Å². The maximum atomic E-state index is 12.7. The van der Waals surface area contributed by atoms with Gasteiger partial charge < -0.3 is 14.4 Å². The standard InChI is InChI=1S/C28H28N2O3S/c1-5-20-12-14-22(15-13-20)29-27-25(28(32)33-6-2)26(31)24(34-27)17-21-16-18(3)30(19(21)4)23-10-8-7-9-11-23/h7-17,31H,5-6H2,1-4H3/b24-17+,29-27?. The fraction of sp³-hybridized carbons (Fsp3) is 0.214. The normalized spacial score (nSPS) is 16.0. The quantitative estimate of drug-likeness (QED) is 0.399. The molecular weight excluding hydrogens is 444 g/mol. The molecule has 1 N–H and O–H groups in total. The van der Waals surface area contributed by atoms with E-state index >= 15 is 0 Å². The number of rotatable bonds is 6. The average Bonchev–Trinajstić information content (AvgIpc) is 3.29. The Morgan fingerprint density at radius 2 is 1.79 bits per heavy atom. The summed E-state index contributed by atoms with van der Waals surface area (Å²) in [5.41, 5.74) is 6.20. The lowest BCUT2D eigenvalue weighted by Crippen LogP contribution is -2.12. The van der Waals surface area contributed by atoms with Gasteiger partial charge in [0.2, 0.25) is 0 Å². The number of hydrogen-bond acceptors (Lipinski definition) is 5. The molecule has 0 saturated carbocycles. The van der Waals surface area contributed by atoms with Crippen LogP contribution < -0.4 is 0 Å². The number of carbonyl (C=O) groups is 1. The van der Waals surface area contributed by atoms with Crippen LogP contribution in [0.15, 0.2) is 81.9 Å². The van der Waals surface area contributed by atoms with Gasteiger partial charge in [-0.15, -0.1) is 0 Å². The molecule has 2 aromatic carbocycles. The highest BCUT2D eigenvalue weighted by Crippen LogP contribution is 2.41. The molecule has 34 heavy (non-hydrogen) atoms. The summed E-state index contributed by atoms with van der Waals surface area (Å²) in [4.78, 5) is 17.9. The van der Waals surface area contributed by atoms with Crippen LogP contribution in [-0.4, -0.2) is 27.3 Å². The third-order valence-electron chi connectivity index (χ3n) is 5.72. The van der Waals surface area contributed by atoms with Crippen molar-refractivity contribution in [3.8, 4) is 5.69 Å². The highest BCUT2D eigenvalue weighted by molar-refractivity contribution is 8.18. The monoisotopic (exact) mass is 472 g/mol. The second-order valence-corrected chi connectivity index (χ2v) is 9.02. The molecule has 0 aliphatic carbocycles. The van der Waals surface area contributed by atoms with Gasteiger partial charge in [-0.3, -0.25) is 0 Å². The van der Waals surface area contributed by atoms with Crippen LogP contribution in [0, 0.1) is 13.8 Å². The van der Waals surface area contributed by atoms with Gasteiger partial charge in [0, 0.05) is 17.1 Å². The number of benzene rings is 2. The van der Waals surface area contributed by atoms with E-state index < -0.39 is 5.97 Å². The van der Waals surface area contributed by atoms with Crippen molar-refractivity contribution >= 4 is 34.5 Å². The molecule has 5 nitrogen and oxygen atoms in total. The summed E-state index contributed by atoms with van der Waals surface area (Å²) in [5, 5.41) is 11.5. The zero-order valence-corrected chi connectivity index (χ0v) is 20.6. The van der Waals surface area contributed by atoms with Crippen LogP contribution in [-0.2, 0) is 16.0 Å². The Bertz CT molecular complexity index is 1300. The summed E-state index contributed by atoms with van der Waals surface area (Å²) in [7, 11) is 0. The highest BCUT2D eigenvalue weighted by Gasteiger charge is 2.33. The molecule has 1 aliphatic heterocycles. The molecule has 0 fully saturated rings. The summed E-state index contributed by atoms with van der Waals surface area (Å²) in [6.07, 6.45) is 2.85. The predicted octanol–water partition coefficient (Wildman–Crippen LogP) is 6.85. The van der Waals surface area contributed by atoms with Crippen molar-refractivity contribution in [1.82, 2.24) is 4.57 Å². The molecule has 0 atom stereocenters. The minimum absolute atomic E-state index is 0.100. The fourth-order valence-electron chi connectivity index (χ4n) is 3.96. The van der Waals surface area contributed by atoms with E-state index in [2.05, 4.69) is 41.6 Å². The van der Waals surface area contributed by atoms with Crippen molar-refractivity contribution in [3.05, 3.63) is 99.4 Å². The van der Waals surface area contributed by atoms with Crippen LogP contribution in [0.5, 0.6) is 0 Å². The molecule has 4 rings (SSSR count). The van der Waals surface area contributed by atoms with Crippen LogP contribution in [0.3, 0.4) is 0 Å².